The van der Waals surface area contributed by atoms with E-state index < -0.39 is 27.8 Å². The summed E-state index contributed by atoms with van der Waals surface area (Å²) in [6.07, 6.45) is 0. The molecule has 1 saturated heterocycles. The van der Waals surface area contributed by atoms with E-state index >= 15 is 0 Å². The second-order valence-corrected chi connectivity index (χ2v) is 9.45. The minimum absolute atomic E-state index is 0.0661. The highest BCUT2D eigenvalue weighted by Crippen LogP contribution is 2.31. The first-order valence-electron chi connectivity index (χ1n) is 8.88. The molecule has 2 aromatic rings. The van der Waals surface area contributed by atoms with Gasteiger partial charge in [0.2, 0.25) is 15.9 Å². The SMILES string of the molecule is CC(C)c1ccc(NC(=O)c2ccc(N3C(=O)[C@@H](C)CS3(=O)=O)cc2Cl)cc1. The number of nitrogens with zero attached hydrogens (tertiary/aromatic N) is 1. The molecule has 1 fully saturated rings. The third kappa shape index (κ3) is 3.91. The van der Waals surface area contributed by atoms with E-state index in [-0.39, 0.29) is 22.0 Å². The lowest BCUT2D eigenvalue weighted by Crippen LogP contribution is -2.30. The highest BCUT2D eigenvalue weighted by Gasteiger charge is 2.42. The highest BCUT2D eigenvalue weighted by atomic mass is 35.5. The van der Waals surface area contributed by atoms with Gasteiger partial charge < -0.3 is 5.32 Å². The van der Waals surface area contributed by atoms with Crippen LogP contribution in [0.4, 0.5) is 11.4 Å². The lowest BCUT2D eigenvalue weighted by atomic mass is 10.0. The third-order valence-corrected chi connectivity index (χ3v) is 6.81. The number of carbonyl (C=O) groups excluding carboxylic acids is 2. The molecular weight excluding hydrogens is 400 g/mol. The zero-order valence-electron chi connectivity index (χ0n) is 15.8. The maximum absolute atomic E-state index is 12.5. The Kier molecular flexibility index (Phi) is 5.50. The molecule has 0 aliphatic carbocycles. The number of hydrogen-bond donors (Lipinski definition) is 1. The molecule has 0 spiro atoms. The summed E-state index contributed by atoms with van der Waals surface area (Å²) in [5.41, 5.74) is 2.11. The lowest BCUT2D eigenvalue weighted by molar-refractivity contribution is -0.119. The van der Waals surface area contributed by atoms with Crippen molar-refractivity contribution in [2.24, 2.45) is 5.92 Å². The summed E-state index contributed by atoms with van der Waals surface area (Å²) in [5, 5.41) is 2.83. The number of anilines is 2. The van der Waals surface area contributed by atoms with Gasteiger partial charge in [-0.3, -0.25) is 9.59 Å². The van der Waals surface area contributed by atoms with Crippen LogP contribution < -0.4 is 9.62 Å². The molecule has 1 aliphatic heterocycles. The molecule has 1 atom stereocenters. The molecule has 28 heavy (non-hydrogen) atoms. The summed E-state index contributed by atoms with van der Waals surface area (Å²) in [4.78, 5) is 24.7. The van der Waals surface area contributed by atoms with E-state index in [2.05, 4.69) is 19.2 Å². The van der Waals surface area contributed by atoms with Crippen molar-refractivity contribution in [3.05, 3.63) is 58.6 Å². The van der Waals surface area contributed by atoms with Crippen LogP contribution in [0.5, 0.6) is 0 Å². The molecule has 148 valence electrons. The first kappa shape index (κ1) is 20.4. The molecule has 2 aromatic carbocycles. The molecular formula is C20H21ClN2O4S. The number of amides is 2. The van der Waals surface area contributed by atoms with Crippen LogP contribution in [-0.2, 0) is 14.8 Å². The first-order chi connectivity index (χ1) is 13.1. The van der Waals surface area contributed by atoms with Gasteiger partial charge in [-0.1, -0.05) is 44.5 Å². The zero-order chi connectivity index (χ0) is 20.6. The normalized spacial score (nSPS) is 18.5. The van der Waals surface area contributed by atoms with Crippen molar-refractivity contribution in [3.63, 3.8) is 0 Å². The van der Waals surface area contributed by atoms with Crippen LogP contribution >= 0.6 is 11.6 Å². The van der Waals surface area contributed by atoms with E-state index in [1.54, 1.807) is 6.92 Å². The number of sulfonamides is 1. The molecule has 0 saturated carbocycles. The number of rotatable bonds is 4. The summed E-state index contributed by atoms with van der Waals surface area (Å²) in [6, 6.07) is 11.7. The molecule has 0 aromatic heterocycles. The Balaban J connectivity index is 1.82. The van der Waals surface area contributed by atoms with E-state index in [1.165, 1.54) is 18.2 Å². The van der Waals surface area contributed by atoms with Gasteiger partial charge in [0.25, 0.3) is 5.91 Å². The highest BCUT2D eigenvalue weighted by molar-refractivity contribution is 7.94. The topological polar surface area (TPSA) is 83.6 Å². The van der Waals surface area contributed by atoms with Crippen molar-refractivity contribution < 1.29 is 18.0 Å². The predicted octanol–water partition coefficient (Wildman–Crippen LogP) is 4.03. The van der Waals surface area contributed by atoms with Crippen LogP contribution in [0.25, 0.3) is 0 Å². The fourth-order valence-electron chi connectivity index (χ4n) is 3.05. The average molecular weight is 421 g/mol. The van der Waals surface area contributed by atoms with Crippen molar-refractivity contribution in [2.75, 3.05) is 15.4 Å². The summed E-state index contributed by atoms with van der Waals surface area (Å²) in [7, 11) is -3.72. The number of halogens is 1. The molecule has 0 radical (unpaired) electrons. The smallest absolute Gasteiger partial charge is 0.257 e. The van der Waals surface area contributed by atoms with Crippen LogP contribution in [0, 0.1) is 5.92 Å². The van der Waals surface area contributed by atoms with Crippen molar-refractivity contribution in [2.45, 2.75) is 26.7 Å². The Morgan fingerprint density at radius 1 is 1.18 bits per heavy atom. The van der Waals surface area contributed by atoms with Crippen molar-refractivity contribution >= 4 is 44.8 Å². The van der Waals surface area contributed by atoms with Gasteiger partial charge in [0.15, 0.2) is 0 Å². The van der Waals surface area contributed by atoms with Crippen molar-refractivity contribution in [1.82, 2.24) is 0 Å². The van der Waals surface area contributed by atoms with Gasteiger partial charge in [0, 0.05) is 5.69 Å². The largest absolute Gasteiger partial charge is 0.322 e. The van der Waals surface area contributed by atoms with Gasteiger partial charge in [-0.15, -0.1) is 0 Å². The number of benzene rings is 2. The molecule has 6 nitrogen and oxygen atoms in total. The number of nitrogens with one attached hydrogen (secondary N) is 1. The van der Waals surface area contributed by atoms with Gasteiger partial charge in [0.05, 0.1) is 27.9 Å². The van der Waals surface area contributed by atoms with E-state index in [4.69, 9.17) is 11.6 Å². The Bertz CT molecular complexity index is 1030. The molecule has 3 rings (SSSR count). The van der Waals surface area contributed by atoms with Gasteiger partial charge >= 0.3 is 0 Å². The maximum atomic E-state index is 12.5. The Labute approximate surface area is 169 Å². The van der Waals surface area contributed by atoms with Crippen molar-refractivity contribution in [1.29, 1.82) is 0 Å². The van der Waals surface area contributed by atoms with Crippen LogP contribution in [-0.4, -0.2) is 26.0 Å². The molecule has 8 heteroatoms. The monoisotopic (exact) mass is 420 g/mol. The summed E-state index contributed by atoms with van der Waals surface area (Å²) >= 11 is 6.22. The minimum Gasteiger partial charge on any atom is -0.322 e. The lowest BCUT2D eigenvalue weighted by Gasteiger charge is -2.16. The first-order valence-corrected chi connectivity index (χ1v) is 10.9. The molecule has 1 N–H and O–H groups in total. The second kappa shape index (κ2) is 7.56. The molecule has 0 unspecified atom stereocenters. The Hall–Kier alpha value is -2.38. The van der Waals surface area contributed by atoms with Crippen LogP contribution in [0.1, 0.15) is 42.6 Å². The Morgan fingerprint density at radius 2 is 1.82 bits per heavy atom. The van der Waals surface area contributed by atoms with Gasteiger partial charge in [-0.25, -0.2) is 12.7 Å². The van der Waals surface area contributed by atoms with Gasteiger partial charge in [0.1, 0.15) is 0 Å². The van der Waals surface area contributed by atoms with Gasteiger partial charge in [-0.05, 0) is 41.8 Å². The fraction of sp³-hybridized carbons (Fsp3) is 0.300. The zero-order valence-corrected chi connectivity index (χ0v) is 17.3. The average Bonchev–Trinajstić information content (AvgIpc) is 2.82. The number of carbonyl (C=O) groups is 2. The quantitative estimate of drug-likeness (QED) is 0.809. The van der Waals surface area contributed by atoms with E-state index in [9.17, 15) is 18.0 Å². The Morgan fingerprint density at radius 3 is 2.32 bits per heavy atom. The van der Waals surface area contributed by atoms with Crippen LogP contribution in [0.15, 0.2) is 42.5 Å². The van der Waals surface area contributed by atoms with E-state index in [1.807, 2.05) is 24.3 Å². The van der Waals surface area contributed by atoms with Crippen LogP contribution in [0.3, 0.4) is 0 Å². The number of hydrogen-bond acceptors (Lipinski definition) is 4. The second-order valence-electron chi connectivity index (χ2n) is 7.18. The predicted molar refractivity (Wildman–Crippen MR) is 110 cm³/mol. The van der Waals surface area contributed by atoms with E-state index in [0.717, 1.165) is 9.87 Å². The maximum Gasteiger partial charge on any atom is 0.257 e. The standard InChI is InChI=1S/C20H21ClN2O4S/c1-12(2)14-4-6-15(7-5-14)22-19(24)17-9-8-16(10-18(17)21)23-20(25)13(3)11-28(23,26)27/h4-10,12-13H,11H2,1-3H3,(H,22,24)/t13-/m0/s1. The molecule has 0 bridgehead atoms. The summed E-state index contributed by atoms with van der Waals surface area (Å²) in [5.74, 6) is -1.38. The molecule has 1 aliphatic rings. The molecule has 1 heterocycles. The third-order valence-electron chi connectivity index (χ3n) is 4.63. The van der Waals surface area contributed by atoms with E-state index in [0.29, 0.717) is 11.6 Å². The van der Waals surface area contributed by atoms with Crippen molar-refractivity contribution in [3.8, 4) is 0 Å². The fourth-order valence-corrected chi connectivity index (χ4v) is 5.12. The molecule has 2 amide bonds. The summed E-state index contributed by atoms with van der Waals surface area (Å²) in [6.45, 7) is 5.73. The minimum atomic E-state index is -3.72. The summed E-state index contributed by atoms with van der Waals surface area (Å²) < 4.78 is 25.2. The van der Waals surface area contributed by atoms with Gasteiger partial charge in [-0.2, -0.15) is 0 Å². The van der Waals surface area contributed by atoms with Crippen LogP contribution in [0.2, 0.25) is 5.02 Å².